The smallest absolute Gasteiger partial charge is 0.297 e. The minimum absolute atomic E-state index is 0.127. The molecule has 0 aromatic carbocycles. The molecule has 0 saturated heterocycles. The summed E-state index contributed by atoms with van der Waals surface area (Å²) in [6.45, 7) is 3.91. The van der Waals surface area contributed by atoms with Crippen LogP contribution in [0.2, 0.25) is 5.15 Å². The Hall–Kier alpha value is -1.03. The van der Waals surface area contributed by atoms with Crippen LogP contribution in [0.4, 0.5) is 0 Å². The van der Waals surface area contributed by atoms with Crippen molar-refractivity contribution in [2.24, 2.45) is 0 Å². The summed E-state index contributed by atoms with van der Waals surface area (Å²) in [6.07, 6.45) is 0.740. The Morgan fingerprint density at radius 1 is 1.46 bits per heavy atom. The lowest BCUT2D eigenvalue weighted by Gasteiger charge is -2.03. The quantitative estimate of drug-likeness (QED) is 0.725. The van der Waals surface area contributed by atoms with Gasteiger partial charge >= 0.3 is 5.69 Å². The lowest BCUT2D eigenvalue weighted by molar-refractivity contribution is 0.611. The maximum atomic E-state index is 11.5. The van der Waals surface area contributed by atoms with Crippen molar-refractivity contribution in [3.05, 3.63) is 31.6 Å². The topological polar surface area (TPSA) is 54.9 Å². The van der Waals surface area contributed by atoms with Gasteiger partial charge in [0.1, 0.15) is 5.15 Å². The third kappa shape index (κ3) is 1.83. The predicted octanol–water partition coefficient (Wildman–Crippen LogP) is 0.908. The van der Waals surface area contributed by atoms with Crippen LogP contribution in [0.3, 0.4) is 0 Å². The summed E-state index contributed by atoms with van der Waals surface area (Å²) < 4.78 is 1.15. The first kappa shape index (κ1) is 10.1. The van der Waals surface area contributed by atoms with Crippen molar-refractivity contribution >= 4 is 11.6 Å². The van der Waals surface area contributed by atoms with Gasteiger partial charge in [-0.1, -0.05) is 18.5 Å². The number of halogens is 1. The van der Waals surface area contributed by atoms with Gasteiger partial charge in [-0.15, -0.1) is 0 Å². The Bertz CT molecular complexity index is 419. The molecule has 0 aliphatic rings. The molecule has 0 aliphatic heterocycles. The molecule has 0 bridgehead atoms. The van der Waals surface area contributed by atoms with Crippen molar-refractivity contribution in [1.29, 1.82) is 0 Å². The van der Waals surface area contributed by atoms with Crippen LogP contribution in [-0.2, 0) is 6.54 Å². The Balaban J connectivity index is 3.45. The van der Waals surface area contributed by atoms with Crippen LogP contribution in [0.25, 0.3) is 0 Å². The normalized spacial score (nSPS) is 10.4. The summed E-state index contributed by atoms with van der Waals surface area (Å²) in [5.41, 5.74) is -0.368. The molecule has 0 aliphatic carbocycles. The number of rotatable bonds is 2. The fourth-order valence-electron chi connectivity index (χ4n) is 1.07. The highest BCUT2D eigenvalue weighted by Gasteiger charge is 2.06. The SMILES string of the molecule is CCCn1c(=O)[nH]c(Cl)c(C)c1=O. The average molecular weight is 203 g/mol. The first-order valence-corrected chi connectivity index (χ1v) is 4.45. The van der Waals surface area contributed by atoms with E-state index in [0.29, 0.717) is 12.1 Å². The van der Waals surface area contributed by atoms with Gasteiger partial charge < -0.3 is 0 Å². The number of hydrogen-bond acceptors (Lipinski definition) is 2. The van der Waals surface area contributed by atoms with Crippen molar-refractivity contribution in [2.75, 3.05) is 0 Å². The van der Waals surface area contributed by atoms with E-state index in [0.717, 1.165) is 11.0 Å². The van der Waals surface area contributed by atoms with E-state index in [9.17, 15) is 9.59 Å². The number of aromatic nitrogens is 2. The number of aromatic amines is 1. The average Bonchev–Trinajstić information content (AvgIpc) is 2.09. The van der Waals surface area contributed by atoms with Gasteiger partial charge in [0.2, 0.25) is 0 Å². The zero-order valence-corrected chi connectivity index (χ0v) is 8.31. The monoisotopic (exact) mass is 202 g/mol. The highest BCUT2D eigenvalue weighted by Crippen LogP contribution is 2.02. The van der Waals surface area contributed by atoms with E-state index in [2.05, 4.69) is 4.98 Å². The third-order valence-electron chi connectivity index (χ3n) is 1.80. The molecule has 13 heavy (non-hydrogen) atoms. The fourth-order valence-corrected chi connectivity index (χ4v) is 1.23. The Labute approximate surface area is 80.2 Å². The lowest BCUT2D eigenvalue weighted by Crippen LogP contribution is -2.36. The van der Waals surface area contributed by atoms with Crippen molar-refractivity contribution < 1.29 is 0 Å². The summed E-state index contributed by atoms with van der Waals surface area (Å²) in [5.74, 6) is 0. The molecule has 0 fully saturated rings. The van der Waals surface area contributed by atoms with E-state index < -0.39 is 5.69 Å². The molecule has 1 heterocycles. The van der Waals surface area contributed by atoms with Crippen molar-refractivity contribution in [3.63, 3.8) is 0 Å². The number of hydrogen-bond donors (Lipinski definition) is 1. The van der Waals surface area contributed by atoms with E-state index in [1.807, 2.05) is 6.92 Å². The molecule has 0 amide bonds. The Kier molecular flexibility index (Phi) is 2.93. The standard InChI is InChI=1S/C8H11ClN2O2/c1-3-4-11-7(12)5(2)6(9)10-8(11)13/h3-4H2,1-2H3,(H,10,13). The Morgan fingerprint density at radius 3 is 2.62 bits per heavy atom. The van der Waals surface area contributed by atoms with Crippen molar-refractivity contribution in [1.82, 2.24) is 9.55 Å². The van der Waals surface area contributed by atoms with Gasteiger partial charge in [0.15, 0.2) is 0 Å². The number of H-pyrrole nitrogens is 1. The first-order valence-electron chi connectivity index (χ1n) is 4.07. The summed E-state index contributed by atoms with van der Waals surface area (Å²) >= 11 is 5.62. The minimum atomic E-state index is -0.442. The first-order chi connectivity index (χ1) is 6.07. The molecule has 0 saturated carbocycles. The summed E-state index contributed by atoms with van der Waals surface area (Å²) in [6, 6.07) is 0. The predicted molar refractivity (Wildman–Crippen MR) is 51.4 cm³/mol. The largest absolute Gasteiger partial charge is 0.329 e. The second kappa shape index (κ2) is 3.79. The van der Waals surface area contributed by atoms with Crippen LogP contribution in [0.15, 0.2) is 9.59 Å². The molecule has 1 aromatic rings. The zero-order valence-electron chi connectivity index (χ0n) is 7.56. The van der Waals surface area contributed by atoms with Gasteiger partial charge in [-0.2, -0.15) is 0 Å². The fraction of sp³-hybridized carbons (Fsp3) is 0.500. The second-order valence-corrected chi connectivity index (χ2v) is 3.20. The molecule has 1 aromatic heterocycles. The summed E-state index contributed by atoms with van der Waals surface area (Å²) in [7, 11) is 0. The molecule has 0 unspecified atom stereocenters. The van der Waals surface area contributed by atoms with Crippen LogP contribution < -0.4 is 11.2 Å². The van der Waals surface area contributed by atoms with Crippen LogP contribution in [0.1, 0.15) is 18.9 Å². The van der Waals surface area contributed by atoms with Crippen LogP contribution in [0, 0.1) is 6.92 Å². The molecular formula is C8H11ClN2O2. The van der Waals surface area contributed by atoms with Crippen molar-refractivity contribution in [2.45, 2.75) is 26.8 Å². The van der Waals surface area contributed by atoms with Gasteiger partial charge in [0.05, 0.1) is 0 Å². The molecule has 4 nitrogen and oxygen atoms in total. The molecule has 0 spiro atoms. The summed E-state index contributed by atoms with van der Waals surface area (Å²) in [5, 5.41) is 0.127. The molecular weight excluding hydrogens is 192 g/mol. The minimum Gasteiger partial charge on any atom is -0.297 e. The van der Waals surface area contributed by atoms with E-state index in [4.69, 9.17) is 11.6 Å². The van der Waals surface area contributed by atoms with Crippen molar-refractivity contribution in [3.8, 4) is 0 Å². The zero-order chi connectivity index (χ0) is 10.0. The molecule has 0 atom stereocenters. The lowest BCUT2D eigenvalue weighted by atomic mass is 10.3. The highest BCUT2D eigenvalue weighted by molar-refractivity contribution is 6.30. The van der Waals surface area contributed by atoms with E-state index in [1.165, 1.54) is 0 Å². The number of nitrogens with one attached hydrogen (secondary N) is 1. The highest BCUT2D eigenvalue weighted by atomic mass is 35.5. The molecule has 1 rings (SSSR count). The van der Waals surface area contributed by atoms with Crippen LogP contribution >= 0.6 is 11.6 Å². The number of nitrogens with zero attached hydrogens (tertiary/aromatic N) is 1. The van der Waals surface area contributed by atoms with Crippen LogP contribution in [-0.4, -0.2) is 9.55 Å². The van der Waals surface area contributed by atoms with Gasteiger partial charge in [0.25, 0.3) is 5.56 Å². The molecule has 0 radical (unpaired) electrons. The molecule has 72 valence electrons. The molecule has 1 N–H and O–H groups in total. The maximum Gasteiger partial charge on any atom is 0.329 e. The third-order valence-corrected chi connectivity index (χ3v) is 2.18. The van der Waals surface area contributed by atoms with Gasteiger partial charge in [-0.05, 0) is 13.3 Å². The van der Waals surface area contributed by atoms with Gasteiger partial charge in [-0.25, -0.2) is 4.79 Å². The van der Waals surface area contributed by atoms with E-state index >= 15 is 0 Å². The van der Waals surface area contributed by atoms with E-state index in [-0.39, 0.29) is 10.7 Å². The summed E-state index contributed by atoms with van der Waals surface area (Å²) in [4.78, 5) is 25.1. The Morgan fingerprint density at radius 2 is 2.08 bits per heavy atom. The van der Waals surface area contributed by atoms with Gasteiger partial charge in [-0.3, -0.25) is 14.3 Å². The van der Waals surface area contributed by atoms with E-state index in [1.54, 1.807) is 6.92 Å². The maximum absolute atomic E-state index is 11.5. The molecule has 5 heteroatoms. The van der Waals surface area contributed by atoms with Crippen LogP contribution in [0.5, 0.6) is 0 Å². The second-order valence-electron chi connectivity index (χ2n) is 2.83. The van der Waals surface area contributed by atoms with Gasteiger partial charge in [0, 0.05) is 12.1 Å².